The van der Waals surface area contributed by atoms with Crippen LogP contribution in [-0.2, 0) is 28.2 Å². The van der Waals surface area contributed by atoms with Gasteiger partial charge in [-0.05, 0) is 85.7 Å². The first kappa shape index (κ1) is 28.1. The van der Waals surface area contributed by atoms with E-state index in [-0.39, 0.29) is 22.1 Å². The molecule has 0 unspecified atom stereocenters. The van der Waals surface area contributed by atoms with Crippen LogP contribution in [0.4, 0.5) is 10.5 Å². The summed E-state index contributed by atoms with van der Waals surface area (Å²) in [6, 6.07) is 16.5. The average Bonchev–Trinajstić information content (AvgIpc) is 3.56. The Bertz CT molecular complexity index is 1750. The van der Waals surface area contributed by atoms with E-state index in [9.17, 15) is 22.8 Å². The van der Waals surface area contributed by atoms with Gasteiger partial charge in [0.25, 0.3) is 15.9 Å². The number of amides is 2. The standard InChI is InChI=1S/C31H31N3O6S/c1-20-7-3-6-10-29(20)41(38,39)33-30(36)22-12-11-21(24(16-22)19-35)15-23-18-34(2)28-14-13-25(17-27(23)28)32-31(37)40-26-8-4-5-9-26/h3,6-7,10-14,16-19,26H,4-5,8-9,15H2,1-2H3,(H,32,37)(H,33,36). The van der Waals surface area contributed by atoms with Crippen molar-refractivity contribution in [3.8, 4) is 0 Å². The summed E-state index contributed by atoms with van der Waals surface area (Å²) in [6.07, 6.45) is 6.38. The lowest BCUT2D eigenvalue weighted by atomic mass is 9.97. The van der Waals surface area contributed by atoms with E-state index in [0.717, 1.165) is 42.1 Å². The number of carbonyl (C=O) groups is 3. The van der Waals surface area contributed by atoms with Gasteiger partial charge in [-0.2, -0.15) is 0 Å². The largest absolute Gasteiger partial charge is 0.446 e. The molecule has 2 N–H and O–H groups in total. The number of hydrogen-bond acceptors (Lipinski definition) is 6. The number of anilines is 1. The topological polar surface area (TPSA) is 124 Å². The molecule has 0 atom stereocenters. The van der Waals surface area contributed by atoms with Crippen LogP contribution in [0.2, 0.25) is 0 Å². The van der Waals surface area contributed by atoms with Gasteiger partial charge in [-0.3, -0.25) is 14.9 Å². The van der Waals surface area contributed by atoms with E-state index < -0.39 is 22.0 Å². The number of sulfonamides is 1. The van der Waals surface area contributed by atoms with Crippen LogP contribution in [0.5, 0.6) is 0 Å². The highest BCUT2D eigenvalue weighted by Gasteiger charge is 2.22. The number of ether oxygens (including phenoxy) is 1. The molecule has 1 aromatic heterocycles. The van der Waals surface area contributed by atoms with Crippen LogP contribution >= 0.6 is 0 Å². The van der Waals surface area contributed by atoms with Gasteiger partial charge in [-0.1, -0.05) is 24.3 Å². The second-order valence-electron chi connectivity index (χ2n) is 10.3. The molecule has 5 rings (SSSR count). The zero-order chi connectivity index (χ0) is 29.1. The van der Waals surface area contributed by atoms with Crippen LogP contribution in [0, 0.1) is 6.92 Å². The van der Waals surface area contributed by atoms with Crippen LogP contribution in [0.15, 0.2) is 71.8 Å². The van der Waals surface area contributed by atoms with Crippen molar-refractivity contribution in [1.82, 2.24) is 9.29 Å². The SMILES string of the molecule is Cc1ccccc1S(=O)(=O)NC(=O)c1ccc(Cc2cn(C)c3ccc(NC(=O)OC4CCCC4)cc23)c(C=O)c1. The number of aldehydes is 1. The molecule has 2 amide bonds. The highest BCUT2D eigenvalue weighted by molar-refractivity contribution is 7.90. The van der Waals surface area contributed by atoms with Crippen molar-refractivity contribution in [3.05, 3.63) is 94.7 Å². The van der Waals surface area contributed by atoms with Gasteiger partial charge in [0.05, 0.1) is 4.90 Å². The average molecular weight is 574 g/mol. The molecule has 9 nitrogen and oxygen atoms in total. The second kappa shape index (κ2) is 11.6. The molecular weight excluding hydrogens is 542 g/mol. The van der Waals surface area contributed by atoms with Gasteiger partial charge in [0.15, 0.2) is 0 Å². The van der Waals surface area contributed by atoms with Gasteiger partial charge >= 0.3 is 6.09 Å². The Labute approximate surface area is 238 Å². The van der Waals surface area contributed by atoms with Crippen LogP contribution in [0.3, 0.4) is 0 Å². The first-order chi connectivity index (χ1) is 19.6. The summed E-state index contributed by atoms with van der Waals surface area (Å²) in [4.78, 5) is 37.3. The Morgan fingerprint density at radius 3 is 2.51 bits per heavy atom. The molecule has 1 aliphatic rings. The molecule has 10 heteroatoms. The van der Waals surface area contributed by atoms with Gasteiger partial charge in [-0.25, -0.2) is 17.9 Å². The van der Waals surface area contributed by atoms with Crippen molar-refractivity contribution in [3.63, 3.8) is 0 Å². The fourth-order valence-corrected chi connectivity index (χ4v) is 6.52. The normalized spacial score (nSPS) is 13.7. The molecule has 1 saturated carbocycles. The maximum atomic E-state index is 12.8. The van der Waals surface area contributed by atoms with Crippen LogP contribution in [0.1, 0.15) is 63.1 Å². The third-order valence-corrected chi connectivity index (χ3v) is 8.91. The van der Waals surface area contributed by atoms with Gasteiger partial charge in [0, 0.05) is 47.4 Å². The number of rotatable bonds is 8. The van der Waals surface area contributed by atoms with E-state index in [1.54, 1.807) is 31.2 Å². The molecule has 4 aromatic rings. The highest BCUT2D eigenvalue weighted by Crippen LogP contribution is 2.28. The monoisotopic (exact) mass is 573 g/mol. The van der Waals surface area contributed by atoms with Gasteiger partial charge in [0.1, 0.15) is 12.4 Å². The number of nitrogens with one attached hydrogen (secondary N) is 2. The quantitative estimate of drug-likeness (QED) is 0.268. The number of benzene rings is 3. The minimum absolute atomic E-state index is 0.0113. The summed E-state index contributed by atoms with van der Waals surface area (Å²) in [6.45, 7) is 1.65. The maximum absolute atomic E-state index is 12.8. The van der Waals surface area contributed by atoms with Crippen molar-refractivity contribution in [1.29, 1.82) is 0 Å². The third kappa shape index (κ3) is 6.17. The summed E-state index contributed by atoms with van der Waals surface area (Å²) in [5.41, 5.74) is 3.97. The van der Waals surface area contributed by atoms with Gasteiger partial charge in [-0.15, -0.1) is 0 Å². The zero-order valence-corrected chi connectivity index (χ0v) is 23.7. The molecule has 41 heavy (non-hydrogen) atoms. The Balaban J connectivity index is 1.35. The van der Waals surface area contributed by atoms with E-state index in [0.29, 0.717) is 29.5 Å². The van der Waals surface area contributed by atoms with E-state index in [1.165, 1.54) is 18.2 Å². The number of aromatic nitrogens is 1. The number of fused-ring (bicyclic) bond motifs is 1. The molecule has 0 saturated heterocycles. The van der Waals surface area contributed by atoms with Gasteiger partial charge in [0.2, 0.25) is 0 Å². The third-order valence-electron chi connectivity index (χ3n) is 7.42. The lowest BCUT2D eigenvalue weighted by Crippen LogP contribution is -2.31. The van der Waals surface area contributed by atoms with E-state index >= 15 is 0 Å². The number of nitrogens with zero attached hydrogens (tertiary/aromatic N) is 1. The van der Waals surface area contributed by atoms with Crippen LogP contribution < -0.4 is 10.0 Å². The summed E-state index contributed by atoms with van der Waals surface area (Å²) >= 11 is 0. The van der Waals surface area contributed by atoms with Gasteiger partial charge < -0.3 is 9.30 Å². The van der Waals surface area contributed by atoms with Crippen molar-refractivity contribution >= 4 is 44.9 Å². The Morgan fingerprint density at radius 1 is 1.02 bits per heavy atom. The maximum Gasteiger partial charge on any atom is 0.411 e. The molecule has 0 bridgehead atoms. The molecule has 1 heterocycles. The number of carbonyl (C=O) groups excluding carboxylic acids is 3. The molecule has 3 aromatic carbocycles. The molecule has 212 valence electrons. The molecule has 1 fully saturated rings. The first-order valence-electron chi connectivity index (χ1n) is 13.4. The predicted octanol–water partition coefficient (Wildman–Crippen LogP) is 5.50. The molecule has 0 aliphatic heterocycles. The van der Waals surface area contributed by atoms with Crippen molar-refractivity contribution in [2.24, 2.45) is 7.05 Å². The Hall–Kier alpha value is -4.44. The molecular formula is C31H31N3O6S. The fourth-order valence-electron chi connectivity index (χ4n) is 5.30. The van der Waals surface area contributed by atoms with E-state index in [4.69, 9.17) is 4.74 Å². The summed E-state index contributed by atoms with van der Waals surface area (Å²) in [5, 5.41) is 3.71. The Kier molecular flexibility index (Phi) is 7.94. The Morgan fingerprint density at radius 2 is 1.78 bits per heavy atom. The minimum Gasteiger partial charge on any atom is -0.446 e. The van der Waals surface area contributed by atoms with Crippen molar-refractivity contribution < 1.29 is 27.5 Å². The predicted molar refractivity (Wildman–Crippen MR) is 156 cm³/mol. The highest BCUT2D eigenvalue weighted by atomic mass is 32.2. The molecule has 0 radical (unpaired) electrons. The fraction of sp³-hybridized carbons (Fsp3) is 0.258. The van der Waals surface area contributed by atoms with E-state index in [1.807, 2.05) is 36.0 Å². The summed E-state index contributed by atoms with van der Waals surface area (Å²) in [7, 11) is -2.17. The molecule has 1 aliphatic carbocycles. The summed E-state index contributed by atoms with van der Waals surface area (Å²) in [5.74, 6) is -0.826. The lowest BCUT2D eigenvalue weighted by molar-refractivity contribution is 0.0981. The first-order valence-corrected chi connectivity index (χ1v) is 14.9. The van der Waals surface area contributed by atoms with Crippen LogP contribution in [-0.4, -0.2) is 37.4 Å². The van der Waals surface area contributed by atoms with Crippen molar-refractivity contribution in [2.45, 2.75) is 50.0 Å². The smallest absolute Gasteiger partial charge is 0.411 e. The number of hydrogen-bond donors (Lipinski definition) is 2. The minimum atomic E-state index is -4.09. The van der Waals surface area contributed by atoms with E-state index in [2.05, 4.69) is 10.0 Å². The van der Waals surface area contributed by atoms with Crippen molar-refractivity contribution in [2.75, 3.05) is 5.32 Å². The zero-order valence-electron chi connectivity index (χ0n) is 22.8. The second-order valence-corrected chi connectivity index (χ2v) is 12.0. The summed E-state index contributed by atoms with van der Waals surface area (Å²) < 4.78 is 35.1. The van der Waals surface area contributed by atoms with Crippen LogP contribution in [0.25, 0.3) is 10.9 Å². The number of aryl methyl sites for hydroxylation is 2. The molecule has 0 spiro atoms. The lowest BCUT2D eigenvalue weighted by Gasteiger charge is -2.12.